The van der Waals surface area contributed by atoms with Crippen LogP contribution in [0.2, 0.25) is 0 Å². The highest BCUT2D eigenvalue weighted by Crippen LogP contribution is 2.53. The first kappa shape index (κ1) is 28.1. The van der Waals surface area contributed by atoms with Crippen LogP contribution < -0.4 is 0 Å². The highest BCUT2D eigenvalue weighted by atomic mass is 16.5. The van der Waals surface area contributed by atoms with Crippen LogP contribution in [0, 0.1) is 28.6 Å². The predicted molar refractivity (Wildman–Crippen MR) is 138 cm³/mol. The van der Waals surface area contributed by atoms with Gasteiger partial charge in [-0.1, -0.05) is 34.6 Å². The summed E-state index contributed by atoms with van der Waals surface area (Å²) in [7, 11) is 2.29. The fraction of sp³-hybridized carbons (Fsp3) is 1.00. The molecule has 0 bridgehead atoms. The normalized spacial score (nSPS) is 29.8. The van der Waals surface area contributed by atoms with Crippen LogP contribution in [0.1, 0.15) is 114 Å². The maximum Gasteiger partial charge on any atom is 0.0700 e. The average Bonchev–Trinajstić information content (AvgIpc) is 2.64. The number of ether oxygens (including phenoxy) is 2. The highest BCUT2D eigenvalue weighted by Gasteiger charge is 2.44. The van der Waals surface area contributed by atoms with E-state index in [9.17, 15) is 0 Å². The van der Waals surface area contributed by atoms with Crippen molar-refractivity contribution in [2.75, 3.05) is 33.5 Å². The summed E-state index contributed by atoms with van der Waals surface area (Å²) in [6, 6.07) is 0. The molecule has 0 aromatic carbocycles. The number of hydrogen-bond donors (Lipinski definition) is 0. The molecule has 2 fully saturated rings. The van der Waals surface area contributed by atoms with Gasteiger partial charge in [-0.25, -0.2) is 0 Å². The Morgan fingerprint density at radius 2 is 1.00 bits per heavy atom. The Labute approximate surface area is 201 Å². The first-order valence-electron chi connectivity index (χ1n) is 13.6. The second-order valence-electron chi connectivity index (χ2n) is 13.9. The molecule has 0 unspecified atom stereocenters. The smallest absolute Gasteiger partial charge is 0.0700 e. The minimum atomic E-state index is 0.294. The van der Waals surface area contributed by atoms with Crippen molar-refractivity contribution in [2.24, 2.45) is 28.6 Å². The zero-order valence-corrected chi connectivity index (χ0v) is 23.5. The molecule has 0 aromatic rings. The van der Waals surface area contributed by atoms with Crippen molar-refractivity contribution in [1.82, 2.24) is 4.90 Å². The summed E-state index contributed by atoms with van der Waals surface area (Å²) in [4.78, 5) is 2.57. The van der Waals surface area contributed by atoms with E-state index in [4.69, 9.17) is 9.47 Å². The van der Waals surface area contributed by atoms with Gasteiger partial charge in [0.25, 0.3) is 0 Å². The Bertz CT molecular complexity index is 480. The van der Waals surface area contributed by atoms with Gasteiger partial charge in [-0.05, 0) is 115 Å². The lowest BCUT2D eigenvalue weighted by molar-refractivity contribution is -0.0341. The Balaban J connectivity index is 1.50. The van der Waals surface area contributed by atoms with Crippen molar-refractivity contribution in [3.05, 3.63) is 0 Å². The molecule has 32 heavy (non-hydrogen) atoms. The fourth-order valence-electron chi connectivity index (χ4n) is 7.23. The maximum absolute atomic E-state index is 5.88. The molecule has 0 amide bonds. The number of likely N-dealkylation sites (tertiary alicyclic amines) is 1. The molecule has 0 spiro atoms. The van der Waals surface area contributed by atoms with Crippen LogP contribution in [0.25, 0.3) is 0 Å². The van der Waals surface area contributed by atoms with Crippen molar-refractivity contribution < 1.29 is 9.47 Å². The highest BCUT2D eigenvalue weighted by molar-refractivity contribution is 4.98. The summed E-state index contributed by atoms with van der Waals surface area (Å²) >= 11 is 0. The maximum atomic E-state index is 5.88. The molecule has 0 radical (unpaired) electrons. The third-order valence-electron chi connectivity index (χ3n) is 9.54. The molecular formula is C29H57NO2. The molecule has 2 aliphatic rings. The molecule has 1 saturated heterocycles. The topological polar surface area (TPSA) is 21.7 Å². The first-order valence-corrected chi connectivity index (χ1v) is 13.6. The molecular weight excluding hydrogens is 394 g/mol. The van der Waals surface area contributed by atoms with Gasteiger partial charge in [0.1, 0.15) is 0 Å². The Morgan fingerprint density at radius 3 is 1.41 bits per heavy atom. The predicted octanol–water partition coefficient (Wildman–Crippen LogP) is 7.58. The molecule has 1 aliphatic carbocycles. The zero-order valence-electron chi connectivity index (χ0n) is 23.5. The molecule has 1 heterocycles. The van der Waals surface area contributed by atoms with Gasteiger partial charge in [-0.2, -0.15) is 0 Å². The number of rotatable bonds is 11. The van der Waals surface area contributed by atoms with E-state index in [1.54, 1.807) is 0 Å². The summed E-state index contributed by atoms with van der Waals surface area (Å²) in [5, 5.41) is 0. The Hall–Kier alpha value is -0.120. The van der Waals surface area contributed by atoms with Crippen LogP contribution >= 0.6 is 0 Å². The molecule has 190 valence electrons. The van der Waals surface area contributed by atoms with Crippen LogP contribution in [0.5, 0.6) is 0 Å². The monoisotopic (exact) mass is 451 g/mol. The Morgan fingerprint density at radius 1 is 0.625 bits per heavy atom. The van der Waals surface area contributed by atoms with Gasteiger partial charge in [0.2, 0.25) is 0 Å². The van der Waals surface area contributed by atoms with E-state index in [0.717, 1.165) is 44.2 Å². The van der Waals surface area contributed by atoms with Crippen LogP contribution in [-0.4, -0.2) is 49.5 Å². The second-order valence-corrected chi connectivity index (χ2v) is 13.9. The second kappa shape index (κ2) is 11.1. The van der Waals surface area contributed by atoms with Crippen molar-refractivity contribution >= 4 is 0 Å². The van der Waals surface area contributed by atoms with Crippen LogP contribution in [-0.2, 0) is 9.47 Å². The summed E-state index contributed by atoms with van der Waals surface area (Å²) < 4.78 is 11.8. The van der Waals surface area contributed by atoms with Crippen LogP contribution in [0.4, 0.5) is 0 Å². The quantitative estimate of drug-likeness (QED) is 0.302. The summed E-state index contributed by atoms with van der Waals surface area (Å²) in [6.07, 6.45) is 10.3. The number of piperidine rings is 1. The summed E-state index contributed by atoms with van der Waals surface area (Å²) in [5.74, 6) is 2.46. The van der Waals surface area contributed by atoms with E-state index >= 15 is 0 Å². The third kappa shape index (κ3) is 7.70. The minimum absolute atomic E-state index is 0.294. The lowest BCUT2D eigenvalue weighted by atomic mass is 9.54. The zero-order chi connectivity index (χ0) is 24.2. The van der Waals surface area contributed by atoms with Gasteiger partial charge in [-0.15, -0.1) is 0 Å². The average molecular weight is 452 g/mol. The van der Waals surface area contributed by atoms with Crippen molar-refractivity contribution in [2.45, 2.75) is 125 Å². The van der Waals surface area contributed by atoms with Gasteiger partial charge >= 0.3 is 0 Å². The number of hydrogen-bond acceptors (Lipinski definition) is 3. The van der Waals surface area contributed by atoms with Crippen molar-refractivity contribution in [1.29, 1.82) is 0 Å². The standard InChI is InChI=1S/C29H57NO2/c1-23-26(2,3)19-24(20-27(23,4)5)13-11-15-31-17-18-32-16-12-14-25-21-28(6,7)30(10)29(8,9)22-25/h23-25H,11-22H2,1-10H3. The van der Waals surface area contributed by atoms with Crippen LogP contribution in [0.15, 0.2) is 0 Å². The van der Waals surface area contributed by atoms with Crippen molar-refractivity contribution in [3.8, 4) is 0 Å². The summed E-state index contributed by atoms with van der Waals surface area (Å²) in [6.45, 7) is 25.1. The molecule has 0 atom stereocenters. The van der Waals surface area contributed by atoms with Gasteiger partial charge < -0.3 is 9.47 Å². The molecule has 0 aromatic heterocycles. The van der Waals surface area contributed by atoms with E-state index < -0.39 is 0 Å². The first-order chi connectivity index (χ1) is 14.7. The van der Waals surface area contributed by atoms with Crippen LogP contribution in [0.3, 0.4) is 0 Å². The number of nitrogens with zero attached hydrogens (tertiary/aromatic N) is 1. The third-order valence-corrected chi connectivity index (χ3v) is 9.54. The van der Waals surface area contributed by atoms with E-state index in [-0.39, 0.29) is 0 Å². The van der Waals surface area contributed by atoms with Gasteiger partial charge in [-0.3, -0.25) is 4.90 Å². The van der Waals surface area contributed by atoms with E-state index in [0.29, 0.717) is 21.9 Å². The lowest BCUT2D eigenvalue weighted by Crippen LogP contribution is -2.58. The van der Waals surface area contributed by atoms with Crippen molar-refractivity contribution in [3.63, 3.8) is 0 Å². The molecule has 1 aliphatic heterocycles. The molecule has 1 saturated carbocycles. The molecule has 3 nitrogen and oxygen atoms in total. The molecule has 3 heteroatoms. The Kier molecular flexibility index (Phi) is 9.74. The molecule has 2 rings (SSSR count). The van der Waals surface area contributed by atoms with Gasteiger partial charge in [0, 0.05) is 24.3 Å². The largest absolute Gasteiger partial charge is 0.379 e. The van der Waals surface area contributed by atoms with E-state index in [1.807, 2.05) is 0 Å². The fourth-order valence-corrected chi connectivity index (χ4v) is 7.23. The van der Waals surface area contributed by atoms with E-state index in [2.05, 4.69) is 74.3 Å². The van der Waals surface area contributed by atoms with Gasteiger partial charge in [0.15, 0.2) is 0 Å². The van der Waals surface area contributed by atoms with Gasteiger partial charge in [0.05, 0.1) is 13.2 Å². The van der Waals surface area contributed by atoms with E-state index in [1.165, 1.54) is 51.4 Å². The SMILES string of the molecule is CC1C(C)(C)CC(CCCOCCOCCCC2CC(C)(C)N(C)C(C)(C)C2)CC1(C)C. The summed E-state index contributed by atoms with van der Waals surface area (Å²) in [5.41, 5.74) is 1.51. The lowest BCUT2D eigenvalue weighted by Gasteiger charge is -2.54. The minimum Gasteiger partial charge on any atom is -0.379 e. The molecule has 0 N–H and O–H groups in total.